The Labute approximate surface area is 157 Å². The zero-order valence-corrected chi connectivity index (χ0v) is 15.1. The molecule has 1 N–H and O–H groups in total. The minimum Gasteiger partial charge on any atom is -0.492 e. The Bertz CT molecular complexity index is 784. The fourth-order valence-corrected chi connectivity index (χ4v) is 3.45. The molecule has 2 aromatic rings. The molecular formula is C19H21ClN2O4. The van der Waals surface area contributed by atoms with Crippen molar-refractivity contribution < 1.29 is 14.8 Å². The first-order valence-corrected chi connectivity index (χ1v) is 8.96. The van der Waals surface area contributed by atoms with Gasteiger partial charge in [-0.15, -0.1) is 0 Å². The average molecular weight is 377 g/mol. The van der Waals surface area contributed by atoms with E-state index in [9.17, 15) is 15.2 Å². The Morgan fingerprint density at radius 1 is 1.31 bits per heavy atom. The van der Waals surface area contributed by atoms with Gasteiger partial charge in [0.1, 0.15) is 11.4 Å². The Hall–Kier alpha value is -2.31. The predicted molar refractivity (Wildman–Crippen MR) is 101 cm³/mol. The first-order valence-electron chi connectivity index (χ1n) is 8.59. The van der Waals surface area contributed by atoms with Gasteiger partial charge in [0.25, 0.3) is 5.69 Å². The molecule has 1 aliphatic heterocycles. The van der Waals surface area contributed by atoms with Crippen molar-refractivity contribution >= 4 is 23.0 Å². The molecule has 0 saturated carbocycles. The van der Waals surface area contributed by atoms with Crippen LogP contribution >= 0.6 is 11.6 Å². The number of ether oxygens (including phenoxy) is 1. The number of anilines is 1. The van der Waals surface area contributed by atoms with E-state index in [-0.39, 0.29) is 23.1 Å². The summed E-state index contributed by atoms with van der Waals surface area (Å²) in [5.74, 6) is 0.900. The molecular weight excluding hydrogens is 356 g/mol. The number of para-hydroxylation sites is 1. The number of nitrogens with zero attached hydrogens (tertiary/aromatic N) is 2. The molecule has 0 aliphatic carbocycles. The summed E-state index contributed by atoms with van der Waals surface area (Å²) in [6.45, 7) is 1.78. The third-order valence-electron chi connectivity index (χ3n) is 4.59. The fraction of sp³-hybridized carbons (Fsp3) is 0.368. The molecule has 2 aromatic carbocycles. The molecule has 3 rings (SSSR count). The van der Waals surface area contributed by atoms with Crippen LogP contribution in [0, 0.1) is 16.0 Å². The number of rotatable bonds is 6. The number of nitro benzene ring substituents is 1. The van der Waals surface area contributed by atoms with Crippen LogP contribution in [0.4, 0.5) is 11.4 Å². The second-order valence-corrected chi connectivity index (χ2v) is 6.84. The van der Waals surface area contributed by atoms with Crippen LogP contribution < -0.4 is 9.64 Å². The van der Waals surface area contributed by atoms with Gasteiger partial charge in [-0.1, -0.05) is 23.7 Å². The largest absolute Gasteiger partial charge is 0.492 e. The van der Waals surface area contributed by atoms with Crippen molar-refractivity contribution in [3.63, 3.8) is 0 Å². The lowest BCUT2D eigenvalue weighted by atomic mass is 9.98. The summed E-state index contributed by atoms with van der Waals surface area (Å²) in [4.78, 5) is 13.0. The van der Waals surface area contributed by atoms with E-state index in [2.05, 4.69) is 0 Å². The molecule has 6 nitrogen and oxygen atoms in total. The maximum atomic E-state index is 11.4. The van der Waals surface area contributed by atoms with E-state index < -0.39 is 0 Å². The van der Waals surface area contributed by atoms with Gasteiger partial charge in [-0.2, -0.15) is 0 Å². The Balaban J connectivity index is 1.72. The molecule has 0 radical (unpaired) electrons. The van der Waals surface area contributed by atoms with Crippen LogP contribution in [0.25, 0.3) is 0 Å². The number of nitro groups is 1. The van der Waals surface area contributed by atoms with Gasteiger partial charge >= 0.3 is 0 Å². The molecule has 1 fully saturated rings. The number of piperidine rings is 1. The van der Waals surface area contributed by atoms with E-state index in [1.54, 1.807) is 18.2 Å². The highest BCUT2D eigenvalue weighted by atomic mass is 35.5. The molecule has 7 heteroatoms. The summed E-state index contributed by atoms with van der Waals surface area (Å²) < 4.78 is 5.85. The van der Waals surface area contributed by atoms with Gasteiger partial charge in [-0.05, 0) is 42.7 Å². The van der Waals surface area contributed by atoms with Crippen LogP contribution in [0.1, 0.15) is 18.4 Å². The highest BCUT2D eigenvalue weighted by Gasteiger charge is 2.26. The molecule has 138 valence electrons. The van der Waals surface area contributed by atoms with Gasteiger partial charge < -0.3 is 14.7 Å². The lowest BCUT2D eigenvalue weighted by Gasteiger charge is -2.34. The van der Waals surface area contributed by atoms with Crippen LogP contribution in [-0.2, 0) is 6.61 Å². The maximum absolute atomic E-state index is 11.4. The molecule has 1 unspecified atom stereocenters. The van der Waals surface area contributed by atoms with Crippen LogP contribution in [0.15, 0.2) is 42.5 Å². The number of halogens is 1. The van der Waals surface area contributed by atoms with Gasteiger partial charge in [0.2, 0.25) is 0 Å². The second kappa shape index (κ2) is 8.38. The maximum Gasteiger partial charge on any atom is 0.292 e. The first-order chi connectivity index (χ1) is 12.6. The number of aliphatic hydroxyl groups is 1. The minimum atomic E-state index is -0.375. The Kier molecular flexibility index (Phi) is 5.96. The van der Waals surface area contributed by atoms with Gasteiger partial charge in [-0.3, -0.25) is 10.1 Å². The summed E-state index contributed by atoms with van der Waals surface area (Å²) in [7, 11) is 0. The molecule has 26 heavy (non-hydrogen) atoms. The number of hydrogen-bond donors (Lipinski definition) is 1. The average Bonchev–Trinajstić information content (AvgIpc) is 2.67. The molecule has 1 atom stereocenters. The van der Waals surface area contributed by atoms with Crippen LogP contribution in [0.3, 0.4) is 0 Å². The topological polar surface area (TPSA) is 75.8 Å². The van der Waals surface area contributed by atoms with Crippen molar-refractivity contribution in [2.75, 3.05) is 24.6 Å². The van der Waals surface area contributed by atoms with Gasteiger partial charge in [0.15, 0.2) is 0 Å². The van der Waals surface area contributed by atoms with Crippen molar-refractivity contribution in [3.05, 3.63) is 63.2 Å². The van der Waals surface area contributed by atoms with Crippen molar-refractivity contribution in [2.45, 2.75) is 19.4 Å². The van der Waals surface area contributed by atoms with Crippen molar-refractivity contribution in [2.24, 2.45) is 5.92 Å². The van der Waals surface area contributed by atoms with E-state index in [0.29, 0.717) is 35.2 Å². The van der Waals surface area contributed by atoms with E-state index >= 15 is 0 Å². The quantitative estimate of drug-likeness (QED) is 0.608. The summed E-state index contributed by atoms with van der Waals surface area (Å²) in [6.07, 6.45) is 1.92. The fourth-order valence-electron chi connectivity index (χ4n) is 3.26. The third kappa shape index (κ3) is 4.26. The molecule has 0 amide bonds. The molecule has 1 aliphatic rings. The Morgan fingerprint density at radius 2 is 2.12 bits per heavy atom. The first kappa shape index (κ1) is 18.5. The van der Waals surface area contributed by atoms with Crippen LogP contribution in [0.2, 0.25) is 5.02 Å². The molecule has 1 heterocycles. The number of hydrogen-bond acceptors (Lipinski definition) is 5. The van der Waals surface area contributed by atoms with E-state index in [4.69, 9.17) is 16.3 Å². The summed E-state index contributed by atoms with van der Waals surface area (Å²) in [6, 6.07) is 12.1. The molecule has 0 bridgehead atoms. The smallest absolute Gasteiger partial charge is 0.292 e. The van der Waals surface area contributed by atoms with Crippen LogP contribution in [0.5, 0.6) is 5.75 Å². The monoisotopic (exact) mass is 376 g/mol. The minimum absolute atomic E-state index is 0.0647. The molecule has 1 saturated heterocycles. The number of benzene rings is 2. The number of aliphatic hydroxyl groups excluding tert-OH is 1. The lowest BCUT2D eigenvalue weighted by molar-refractivity contribution is -0.384. The standard InChI is InChI=1S/C19H21ClN2O4/c20-16-5-1-2-6-19(16)26-13-15-4-3-9-21(11-15)18-10-14(12-23)7-8-17(18)22(24)25/h1-2,5-8,10,15,23H,3-4,9,11-13H2. The normalized spacial score (nSPS) is 17.2. The summed E-state index contributed by atoms with van der Waals surface area (Å²) in [5, 5.41) is 21.3. The van der Waals surface area contributed by atoms with Gasteiger partial charge in [0.05, 0.1) is 23.2 Å². The van der Waals surface area contributed by atoms with Gasteiger partial charge in [0, 0.05) is 25.1 Å². The zero-order chi connectivity index (χ0) is 18.5. The predicted octanol–water partition coefficient (Wildman–Crippen LogP) is 4.04. The highest BCUT2D eigenvalue weighted by molar-refractivity contribution is 6.32. The Morgan fingerprint density at radius 3 is 2.85 bits per heavy atom. The van der Waals surface area contributed by atoms with Crippen molar-refractivity contribution in [1.82, 2.24) is 0 Å². The SMILES string of the molecule is O=[N+]([O-])c1ccc(CO)cc1N1CCCC(COc2ccccc2Cl)C1. The van der Waals surface area contributed by atoms with Crippen molar-refractivity contribution in [1.29, 1.82) is 0 Å². The molecule has 0 aromatic heterocycles. The zero-order valence-electron chi connectivity index (χ0n) is 14.3. The van der Waals surface area contributed by atoms with E-state index in [1.807, 2.05) is 23.1 Å². The summed E-state index contributed by atoms with van der Waals surface area (Å²) in [5.41, 5.74) is 1.29. The highest BCUT2D eigenvalue weighted by Crippen LogP contribution is 2.33. The second-order valence-electron chi connectivity index (χ2n) is 6.43. The van der Waals surface area contributed by atoms with Gasteiger partial charge in [-0.25, -0.2) is 0 Å². The van der Waals surface area contributed by atoms with Crippen LogP contribution in [-0.4, -0.2) is 29.7 Å². The lowest BCUT2D eigenvalue weighted by Crippen LogP contribution is -2.38. The van der Waals surface area contributed by atoms with Crippen molar-refractivity contribution in [3.8, 4) is 5.75 Å². The van der Waals surface area contributed by atoms with E-state index in [0.717, 1.165) is 19.4 Å². The molecule has 0 spiro atoms. The van der Waals surface area contributed by atoms with E-state index in [1.165, 1.54) is 6.07 Å². The summed E-state index contributed by atoms with van der Waals surface area (Å²) >= 11 is 6.12. The third-order valence-corrected chi connectivity index (χ3v) is 4.90.